The normalized spacial score (nSPS) is 15.0. The molecule has 4 rings (SSSR count). The molecule has 10 heteroatoms. The minimum Gasteiger partial charge on any atom is -0.379 e. The molecule has 1 aliphatic heterocycles. The van der Waals surface area contributed by atoms with Crippen molar-refractivity contribution in [1.82, 2.24) is 9.88 Å². The minimum atomic E-state index is -3.25. The molecule has 1 aliphatic rings. The molecule has 1 saturated heterocycles. The number of thiophene rings is 1. The van der Waals surface area contributed by atoms with Gasteiger partial charge in [0.2, 0.25) is 0 Å². The highest BCUT2D eigenvalue weighted by molar-refractivity contribution is 7.90. The number of aromatic nitrogens is 1. The van der Waals surface area contributed by atoms with E-state index in [0.29, 0.717) is 16.6 Å². The topological polar surface area (TPSA) is 79.8 Å². The maximum Gasteiger partial charge on any atom is 0.270 e. The Kier molecular flexibility index (Phi) is 7.37. The Morgan fingerprint density at radius 3 is 2.56 bits per heavy atom. The van der Waals surface area contributed by atoms with Gasteiger partial charge in [0.15, 0.2) is 15.0 Å². The highest BCUT2D eigenvalue weighted by Crippen LogP contribution is 2.30. The first kappa shape index (κ1) is 23.1. The Labute approximate surface area is 196 Å². The van der Waals surface area contributed by atoms with E-state index in [1.807, 2.05) is 22.9 Å². The highest BCUT2D eigenvalue weighted by Gasteiger charge is 2.22. The fourth-order valence-electron chi connectivity index (χ4n) is 3.49. The van der Waals surface area contributed by atoms with Crippen molar-refractivity contribution in [2.24, 2.45) is 0 Å². The molecular weight excluding hydrogens is 466 g/mol. The summed E-state index contributed by atoms with van der Waals surface area (Å²) in [7, 11) is -3.25. The van der Waals surface area contributed by atoms with E-state index in [1.54, 1.807) is 29.2 Å². The quantitative estimate of drug-likeness (QED) is 0.479. The number of anilines is 1. The van der Waals surface area contributed by atoms with Crippen LogP contribution in [0.25, 0.3) is 11.3 Å². The van der Waals surface area contributed by atoms with Gasteiger partial charge in [-0.2, -0.15) is 0 Å². The highest BCUT2D eigenvalue weighted by atomic mass is 32.2. The lowest BCUT2D eigenvalue weighted by Gasteiger charge is -2.27. The van der Waals surface area contributed by atoms with Crippen LogP contribution in [0.2, 0.25) is 0 Å². The molecule has 1 amide bonds. The fourth-order valence-corrected chi connectivity index (χ4v) is 5.65. The maximum absolute atomic E-state index is 13.2. The molecule has 0 atom stereocenters. The Balaban J connectivity index is 1.51. The number of hydrogen-bond donors (Lipinski definition) is 0. The number of carbonyl (C=O) groups excluding carboxylic acids is 1. The zero-order chi connectivity index (χ0) is 22.6. The van der Waals surface area contributed by atoms with Crippen molar-refractivity contribution in [3.05, 3.63) is 52.0 Å². The van der Waals surface area contributed by atoms with Crippen molar-refractivity contribution in [2.45, 2.75) is 11.3 Å². The third-order valence-corrected chi connectivity index (χ3v) is 8.09. The second-order valence-electron chi connectivity index (χ2n) is 7.55. The summed E-state index contributed by atoms with van der Waals surface area (Å²) in [4.78, 5) is 23.0. The number of hydrogen-bond acceptors (Lipinski definition) is 8. The molecule has 3 heterocycles. The van der Waals surface area contributed by atoms with Gasteiger partial charge < -0.3 is 4.74 Å². The molecule has 0 radical (unpaired) electrons. The van der Waals surface area contributed by atoms with E-state index in [4.69, 9.17) is 9.72 Å². The summed E-state index contributed by atoms with van der Waals surface area (Å²) in [6, 6.07) is 10.4. The predicted octanol–water partition coefficient (Wildman–Crippen LogP) is 3.64. The molecule has 0 aliphatic carbocycles. The van der Waals surface area contributed by atoms with Crippen LogP contribution < -0.4 is 4.90 Å². The number of benzene rings is 1. The molecule has 0 bridgehead atoms. The van der Waals surface area contributed by atoms with E-state index in [1.165, 1.54) is 28.9 Å². The molecule has 0 saturated carbocycles. The standard InChI is InChI=1S/C22H25N3O4S3/c1-32(27,28)18-7-5-17(6-8-18)19-16-31-22(23-19)25(21(26)20-4-2-15-30-20)10-3-9-24-11-13-29-14-12-24/h2,4-8,15-16H,3,9-14H2,1H3. The van der Waals surface area contributed by atoms with Crippen molar-refractivity contribution < 1.29 is 17.9 Å². The van der Waals surface area contributed by atoms with Gasteiger partial charge in [-0.1, -0.05) is 18.2 Å². The van der Waals surface area contributed by atoms with Gasteiger partial charge in [0.05, 0.1) is 28.7 Å². The molecule has 0 spiro atoms. The number of morpholine rings is 1. The number of carbonyl (C=O) groups is 1. The van der Waals surface area contributed by atoms with Crippen LogP contribution in [0.15, 0.2) is 52.1 Å². The zero-order valence-corrected chi connectivity index (χ0v) is 20.2. The van der Waals surface area contributed by atoms with E-state index in [-0.39, 0.29) is 10.8 Å². The molecule has 3 aromatic rings. The molecule has 32 heavy (non-hydrogen) atoms. The number of ether oxygens (including phenoxy) is 1. The summed E-state index contributed by atoms with van der Waals surface area (Å²) in [6.07, 6.45) is 2.03. The average molecular weight is 492 g/mol. The number of sulfone groups is 1. The van der Waals surface area contributed by atoms with Crippen molar-refractivity contribution in [1.29, 1.82) is 0 Å². The largest absolute Gasteiger partial charge is 0.379 e. The van der Waals surface area contributed by atoms with Gasteiger partial charge in [0.25, 0.3) is 5.91 Å². The number of nitrogens with zero attached hydrogens (tertiary/aromatic N) is 3. The summed E-state index contributed by atoms with van der Waals surface area (Å²) >= 11 is 2.85. The maximum atomic E-state index is 13.2. The molecular formula is C22H25N3O4S3. The summed E-state index contributed by atoms with van der Waals surface area (Å²) in [5, 5.41) is 4.45. The van der Waals surface area contributed by atoms with Crippen molar-refractivity contribution >= 4 is 43.5 Å². The molecule has 1 fully saturated rings. The number of amides is 1. The summed E-state index contributed by atoms with van der Waals surface area (Å²) in [5.74, 6) is -0.0460. The minimum absolute atomic E-state index is 0.0460. The van der Waals surface area contributed by atoms with Gasteiger partial charge in [-0.3, -0.25) is 14.6 Å². The lowest BCUT2D eigenvalue weighted by molar-refractivity contribution is 0.0376. The van der Waals surface area contributed by atoms with Gasteiger partial charge in [0, 0.05) is 43.4 Å². The first-order valence-corrected chi connectivity index (χ1v) is 14.0. The monoisotopic (exact) mass is 491 g/mol. The van der Waals surface area contributed by atoms with Gasteiger partial charge >= 0.3 is 0 Å². The van der Waals surface area contributed by atoms with E-state index >= 15 is 0 Å². The van der Waals surface area contributed by atoms with Gasteiger partial charge in [-0.25, -0.2) is 13.4 Å². The average Bonchev–Trinajstić information content (AvgIpc) is 3.49. The van der Waals surface area contributed by atoms with Gasteiger partial charge in [-0.15, -0.1) is 22.7 Å². The van der Waals surface area contributed by atoms with Crippen molar-refractivity contribution in [3.63, 3.8) is 0 Å². The van der Waals surface area contributed by atoms with Crippen LogP contribution in [-0.2, 0) is 14.6 Å². The van der Waals surface area contributed by atoms with Crippen LogP contribution in [0.5, 0.6) is 0 Å². The number of rotatable bonds is 8. The van der Waals surface area contributed by atoms with Crippen LogP contribution in [0.3, 0.4) is 0 Å². The zero-order valence-electron chi connectivity index (χ0n) is 17.8. The second kappa shape index (κ2) is 10.2. The fraction of sp³-hybridized carbons (Fsp3) is 0.364. The van der Waals surface area contributed by atoms with Crippen LogP contribution >= 0.6 is 22.7 Å². The van der Waals surface area contributed by atoms with E-state index < -0.39 is 9.84 Å². The van der Waals surface area contributed by atoms with Crippen LogP contribution in [-0.4, -0.2) is 69.9 Å². The van der Waals surface area contributed by atoms with Crippen molar-refractivity contribution in [3.8, 4) is 11.3 Å². The van der Waals surface area contributed by atoms with E-state index in [9.17, 15) is 13.2 Å². The lowest BCUT2D eigenvalue weighted by Crippen LogP contribution is -2.39. The molecule has 170 valence electrons. The van der Waals surface area contributed by atoms with Crippen LogP contribution in [0.1, 0.15) is 16.1 Å². The Hall–Kier alpha value is -2.11. The Bertz CT molecular complexity index is 1140. The molecule has 7 nitrogen and oxygen atoms in total. The Morgan fingerprint density at radius 1 is 1.16 bits per heavy atom. The summed E-state index contributed by atoms with van der Waals surface area (Å²) < 4.78 is 28.8. The van der Waals surface area contributed by atoms with Crippen LogP contribution in [0, 0.1) is 0 Å². The van der Waals surface area contributed by atoms with Crippen molar-refractivity contribution in [2.75, 3.05) is 50.5 Å². The first-order valence-electron chi connectivity index (χ1n) is 10.3. The lowest BCUT2D eigenvalue weighted by atomic mass is 10.2. The molecule has 0 unspecified atom stereocenters. The summed E-state index contributed by atoms with van der Waals surface area (Å²) in [5.41, 5.74) is 1.54. The summed E-state index contributed by atoms with van der Waals surface area (Å²) in [6.45, 7) is 4.84. The van der Waals surface area contributed by atoms with E-state index in [2.05, 4.69) is 4.90 Å². The van der Waals surface area contributed by atoms with E-state index in [0.717, 1.165) is 50.5 Å². The van der Waals surface area contributed by atoms with Gasteiger partial charge in [0.1, 0.15) is 0 Å². The SMILES string of the molecule is CS(=O)(=O)c1ccc(-c2csc(N(CCCN3CCOCC3)C(=O)c3cccs3)n2)cc1. The smallest absolute Gasteiger partial charge is 0.270 e. The molecule has 0 N–H and O–H groups in total. The second-order valence-corrected chi connectivity index (χ2v) is 11.4. The predicted molar refractivity (Wildman–Crippen MR) is 129 cm³/mol. The molecule has 1 aromatic carbocycles. The number of thiazole rings is 1. The first-order chi connectivity index (χ1) is 15.4. The van der Waals surface area contributed by atoms with Gasteiger partial charge in [-0.05, 0) is 30.0 Å². The Morgan fingerprint density at radius 2 is 1.91 bits per heavy atom. The third-order valence-electron chi connectivity index (χ3n) is 5.24. The molecule has 2 aromatic heterocycles. The third kappa shape index (κ3) is 5.62. The van der Waals surface area contributed by atoms with Crippen LogP contribution in [0.4, 0.5) is 5.13 Å².